The summed E-state index contributed by atoms with van der Waals surface area (Å²) >= 11 is 6.50. The van der Waals surface area contributed by atoms with Crippen molar-refractivity contribution in [3.05, 3.63) is 44.5 Å². The molecule has 1 saturated carbocycles. The molecule has 0 amide bonds. The highest BCUT2D eigenvalue weighted by molar-refractivity contribution is 9.11. The van der Waals surface area contributed by atoms with Gasteiger partial charge in [-0.15, -0.1) is 0 Å². The molecule has 1 N–H and O–H groups in total. The molecular weight excluding hydrogens is 504 g/mol. The van der Waals surface area contributed by atoms with Crippen LogP contribution in [0.2, 0.25) is 0 Å². The van der Waals surface area contributed by atoms with E-state index in [1.54, 1.807) is 12.1 Å². The predicted molar refractivity (Wildman–Crippen MR) is 99.8 cm³/mol. The van der Waals surface area contributed by atoms with Gasteiger partial charge in [0.2, 0.25) is 5.78 Å². The van der Waals surface area contributed by atoms with Crippen molar-refractivity contribution in [3.63, 3.8) is 0 Å². The summed E-state index contributed by atoms with van der Waals surface area (Å²) in [6.07, 6.45) is -0.707. The Bertz CT molecular complexity index is 920. The first-order valence-electron chi connectivity index (χ1n) is 8.01. The summed E-state index contributed by atoms with van der Waals surface area (Å²) in [7, 11) is 1.11. The third kappa shape index (κ3) is 3.29. The van der Waals surface area contributed by atoms with Gasteiger partial charge in [-0.25, -0.2) is 9.59 Å². The van der Waals surface area contributed by atoms with Gasteiger partial charge in [-0.2, -0.15) is 0 Å². The van der Waals surface area contributed by atoms with Crippen LogP contribution >= 0.6 is 31.9 Å². The van der Waals surface area contributed by atoms with Crippen LogP contribution < -0.4 is 0 Å². The molecule has 1 aromatic rings. The molecule has 0 radical (unpaired) electrons. The van der Waals surface area contributed by atoms with Gasteiger partial charge in [0.25, 0.3) is 0 Å². The Kier molecular flexibility index (Phi) is 5.48. The number of hydrogen-bond acceptors (Lipinski definition) is 8. The average Bonchev–Trinajstić information content (AvgIpc) is 2.83. The summed E-state index contributed by atoms with van der Waals surface area (Å²) in [5, 5.41) is 10.6. The highest BCUT2D eigenvalue weighted by atomic mass is 79.9. The molecule has 0 bridgehead atoms. The van der Waals surface area contributed by atoms with Crippen molar-refractivity contribution in [1.29, 1.82) is 0 Å². The molecule has 8 nitrogen and oxygen atoms in total. The molecule has 0 saturated heterocycles. The second-order valence-corrected chi connectivity index (χ2v) is 8.24. The zero-order valence-corrected chi connectivity index (χ0v) is 17.8. The molecule has 1 aliphatic heterocycles. The summed E-state index contributed by atoms with van der Waals surface area (Å²) in [4.78, 5) is 49.7. The lowest BCUT2D eigenvalue weighted by atomic mass is 9.81. The first-order chi connectivity index (χ1) is 13.1. The minimum absolute atomic E-state index is 0.126. The van der Waals surface area contributed by atoms with Gasteiger partial charge < -0.3 is 19.3 Å². The SMILES string of the molecule is COC(=O)C1=COC(=O)[C@H]2[C@@H]1[C@H](OC(=O)c1ccc(Br)cc1Br)C(=O)[C@]2(C)O. The Balaban J connectivity index is 2.01. The van der Waals surface area contributed by atoms with Crippen molar-refractivity contribution in [3.8, 4) is 0 Å². The molecule has 3 rings (SSSR count). The Morgan fingerprint density at radius 2 is 1.89 bits per heavy atom. The van der Waals surface area contributed by atoms with E-state index in [0.717, 1.165) is 20.3 Å². The van der Waals surface area contributed by atoms with E-state index in [4.69, 9.17) is 9.47 Å². The number of rotatable bonds is 3. The van der Waals surface area contributed by atoms with Crippen molar-refractivity contribution < 1.29 is 38.5 Å². The van der Waals surface area contributed by atoms with Gasteiger partial charge in [0.15, 0.2) is 6.10 Å². The number of halogens is 2. The number of ketones is 1. The smallest absolute Gasteiger partial charge is 0.340 e. The van der Waals surface area contributed by atoms with E-state index in [1.807, 2.05) is 0 Å². The van der Waals surface area contributed by atoms with Gasteiger partial charge in [0.1, 0.15) is 17.8 Å². The molecule has 2 aliphatic rings. The molecule has 0 unspecified atom stereocenters. The van der Waals surface area contributed by atoms with Crippen LogP contribution in [0.25, 0.3) is 0 Å². The lowest BCUT2D eigenvalue weighted by molar-refractivity contribution is -0.158. The van der Waals surface area contributed by atoms with Crippen molar-refractivity contribution >= 4 is 55.6 Å². The molecule has 4 atom stereocenters. The molecule has 28 heavy (non-hydrogen) atoms. The number of carbonyl (C=O) groups excluding carboxylic acids is 4. The second kappa shape index (κ2) is 7.41. The summed E-state index contributed by atoms with van der Waals surface area (Å²) in [5.74, 6) is -6.17. The quantitative estimate of drug-likeness (QED) is 0.477. The highest BCUT2D eigenvalue weighted by Gasteiger charge is 2.65. The maximum atomic E-state index is 12.8. The van der Waals surface area contributed by atoms with Crippen LogP contribution in [0.5, 0.6) is 0 Å². The number of ether oxygens (including phenoxy) is 3. The van der Waals surface area contributed by atoms with Crippen molar-refractivity contribution in [2.45, 2.75) is 18.6 Å². The van der Waals surface area contributed by atoms with E-state index in [-0.39, 0.29) is 11.1 Å². The Labute approximate surface area is 176 Å². The number of benzene rings is 1. The molecular formula is C18H14Br2O8. The van der Waals surface area contributed by atoms with Gasteiger partial charge in [-0.1, -0.05) is 15.9 Å². The van der Waals surface area contributed by atoms with Crippen LogP contribution in [-0.4, -0.2) is 47.6 Å². The minimum Gasteiger partial charge on any atom is -0.466 e. The van der Waals surface area contributed by atoms with Gasteiger partial charge in [-0.05, 0) is 41.1 Å². The molecule has 10 heteroatoms. The fourth-order valence-electron chi connectivity index (χ4n) is 3.38. The maximum absolute atomic E-state index is 12.8. The van der Waals surface area contributed by atoms with Gasteiger partial charge in [0.05, 0.1) is 24.2 Å². The highest BCUT2D eigenvalue weighted by Crippen LogP contribution is 2.46. The van der Waals surface area contributed by atoms with Gasteiger partial charge >= 0.3 is 17.9 Å². The first kappa shape index (κ1) is 20.7. The summed E-state index contributed by atoms with van der Waals surface area (Å²) in [6.45, 7) is 1.12. The Hall–Kier alpha value is -2.04. The standard InChI is InChI=1S/C18H14Br2O8/c1-18(25)12-11(9(15(22)26-2)6-27-17(12)24)13(14(18)21)28-16(23)8-4-3-7(19)5-10(8)20/h3-6,11-13,25H,1-2H3/t11-,12-,13+,18-/m1/s1. The number of cyclic esters (lactones) is 1. The van der Waals surface area contributed by atoms with Crippen LogP contribution in [0.4, 0.5) is 0 Å². The molecule has 1 fully saturated rings. The fraction of sp³-hybridized carbons (Fsp3) is 0.333. The molecule has 1 heterocycles. The van der Waals surface area contributed by atoms with Gasteiger partial charge in [-0.3, -0.25) is 9.59 Å². The largest absolute Gasteiger partial charge is 0.466 e. The summed E-state index contributed by atoms with van der Waals surface area (Å²) < 4.78 is 16.0. The van der Waals surface area contributed by atoms with E-state index in [2.05, 4.69) is 36.6 Å². The predicted octanol–water partition coefficient (Wildman–Crippen LogP) is 1.92. The zero-order chi connectivity index (χ0) is 20.8. The second-order valence-electron chi connectivity index (χ2n) is 6.47. The molecule has 148 valence electrons. The fourth-order valence-corrected chi connectivity index (χ4v) is 4.59. The molecule has 0 aromatic heterocycles. The van der Waals surface area contributed by atoms with Crippen molar-refractivity contribution in [2.75, 3.05) is 7.11 Å². The van der Waals surface area contributed by atoms with Crippen LogP contribution in [0.3, 0.4) is 0 Å². The van der Waals surface area contributed by atoms with E-state index < -0.39 is 47.2 Å². The number of esters is 3. The summed E-state index contributed by atoms with van der Waals surface area (Å²) in [6, 6.07) is 4.69. The van der Waals surface area contributed by atoms with E-state index in [9.17, 15) is 24.3 Å². The normalized spacial score (nSPS) is 28.9. The lowest BCUT2D eigenvalue weighted by Gasteiger charge is -2.29. The van der Waals surface area contributed by atoms with Crippen LogP contribution in [0.1, 0.15) is 17.3 Å². The van der Waals surface area contributed by atoms with E-state index >= 15 is 0 Å². The lowest BCUT2D eigenvalue weighted by Crippen LogP contribution is -2.44. The third-order valence-corrected chi connectivity index (χ3v) is 5.92. The van der Waals surface area contributed by atoms with Crippen LogP contribution in [0.15, 0.2) is 39.0 Å². The summed E-state index contributed by atoms with van der Waals surface area (Å²) in [5.41, 5.74) is -2.23. The first-order valence-corrected chi connectivity index (χ1v) is 9.59. The van der Waals surface area contributed by atoms with Crippen molar-refractivity contribution in [2.24, 2.45) is 11.8 Å². The maximum Gasteiger partial charge on any atom is 0.340 e. The molecule has 1 aliphatic carbocycles. The minimum atomic E-state index is -2.18. The molecule has 1 aromatic carbocycles. The topological polar surface area (TPSA) is 116 Å². The Morgan fingerprint density at radius 1 is 1.21 bits per heavy atom. The van der Waals surface area contributed by atoms with Crippen LogP contribution in [0, 0.1) is 11.8 Å². The number of aliphatic hydroxyl groups is 1. The van der Waals surface area contributed by atoms with Crippen molar-refractivity contribution in [1.82, 2.24) is 0 Å². The van der Waals surface area contributed by atoms with E-state index in [0.29, 0.717) is 8.95 Å². The number of carbonyl (C=O) groups is 4. The van der Waals surface area contributed by atoms with E-state index in [1.165, 1.54) is 6.07 Å². The molecule has 0 spiro atoms. The number of hydrogen-bond donors (Lipinski definition) is 1. The van der Waals surface area contributed by atoms with Gasteiger partial charge in [0, 0.05) is 8.95 Å². The average molecular weight is 518 g/mol. The third-order valence-electron chi connectivity index (χ3n) is 4.77. The van der Waals surface area contributed by atoms with Crippen LogP contribution in [-0.2, 0) is 28.6 Å². The Morgan fingerprint density at radius 3 is 2.50 bits per heavy atom. The number of fused-ring (bicyclic) bond motifs is 1. The zero-order valence-electron chi connectivity index (χ0n) is 14.6. The number of methoxy groups -OCH3 is 1. The monoisotopic (exact) mass is 516 g/mol. The number of Topliss-reactive ketones (excluding diaryl/α,β-unsaturated/α-hetero) is 1.